The molecule has 2 atom stereocenters. The van der Waals surface area contributed by atoms with E-state index in [9.17, 15) is 35.1 Å². The van der Waals surface area contributed by atoms with E-state index in [0.29, 0.717) is 0 Å². The fourth-order valence-corrected chi connectivity index (χ4v) is 1.23. The Morgan fingerprint density at radius 1 is 0.647 bits per heavy atom. The Hall–Kier alpha value is -0.600. The molecule has 0 aliphatic heterocycles. The molecule has 0 fully saturated rings. The van der Waals surface area contributed by atoms with Crippen LogP contribution in [0.15, 0.2) is 0 Å². The molecule has 0 aliphatic carbocycles. The second kappa shape index (κ2) is 4.58. The van der Waals surface area contributed by atoms with Gasteiger partial charge in [-0.3, -0.25) is 0 Å². The summed E-state index contributed by atoms with van der Waals surface area (Å²) in [6.07, 6.45) is -14.4. The van der Waals surface area contributed by atoms with Gasteiger partial charge in [0.25, 0.3) is 0 Å². The Bertz CT molecular complexity index is 225. The maximum atomic E-state index is 13.1. The molecule has 0 aromatic heterocycles. The van der Waals surface area contributed by atoms with Crippen molar-refractivity contribution >= 4 is 0 Å². The highest BCUT2D eigenvalue weighted by molar-refractivity contribution is 4.74. The average molecular weight is 274 g/mol. The second-order valence-electron chi connectivity index (χ2n) is 3.89. The molecule has 0 bridgehead atoms. The minimum atomic E-state index is -5.02. The largest absolute Gasteiger partial charge is 0.394 e. The lowest BCUT2D eigenvalue weighted by Gasteiger charge is -2.30. The van der Waals surface area contributed by atoms with E-state index in [1.165, 1.54) is 0 Å². The van der Waals surface area contributed by atoms with Crippen LogP contribution in [-0.4, -0.2) is 24.1 Å². The highest BCUT2D eigenvalue weighted by Gasteiger charge is 2.48. The van der Waals surface area contributed by atoms with Crippen molar-refractivity contribution in [3.8, 4) is 0 Å². The molecule has 0 aromatic rings. The van der Waals surface area contributed by atoms with Gasteiger partial charge >= 0.3 is 12.4 Å². The number of alkyl halides is 8. The first-order chi connectivity index (χ1) is 7.12. The van der Waals surface area contributed by atoms with Crippen LogP contribution in [0.25, 0.3) is 0 Å². The molecular weight excluding hydrogens is 264 g/mol. The zero-order valence-electron chi connectivity index (χ0n) is 8.85. The zero-order chi connectivity index (χ0) is 14.1. The van der Waals surface area contributed by atoms with Crippen LogP contribution >= 0.6 is 0 Å². The standard InChI is InChI=1S/C8H10F8O/c1-5(9,3-7(11,12)13)17-6(2,10)4-8(14,15)16/h3-4H2,1-2H3. The maximum absolute atomic E-state index is 13.1. The van der Waals surface area contributed by atoms with E-state index in [1.807, 2.05) is 0 Å². The molecule has 2 unspecified atom stereocenters. The SMILES string of the molecule is CC(F)(CC(F)(F)F)OC(C)(F)CC(F)(F)F. The highest BCUT2D eigenvalue weighted by atomic mass is 19.4. The Morgan fingerprint density at radius 3 is 1.06 bits per heavy atom. The minimum absolute atomic E-state index is 0.217. The summed E-state index contributed by atoms with van der Waals surface area (Å²) in [6, 6.07) is 0. The Labute approximate surface area is 91.7 Å². The molecule has 0 amide bonds. The summed E-state index contributed by atoms with van der Waals surface area (Å²) in [6.45, 7) is 0.434. The zero-order valence-corrected chi connectivity index (χ0v) is 8.85. The maximum Gasteiger partial charge on any atom is 0.394 e. The minimum Gasteiger partial charge on any atom is -0.309 e. The molecule has 0 saturated carbocycles. The van der Waals surface area contributed by atoms with E-state index in [0.717, 1.165) is 0 Å². The molecule has 104 valence electrons. The molecule has 0 spiro atoms. The summed E-state index contributed by atoms with van der Waals surface area (Å²) in [5.41, 5.74) is 0. The summed E-state index contributed by atoms with van der Waals surface area (Å²) >= 11 is 0. The molecule has 9 heteroatoms. The number of ether oxygens (including phenoxy) is 1. The van der Waals surface area contributed by atoms with Crippen LogP contribution < -0.4 is 0 Å². The van der Waals surface area contributed by atoms with Crippen LogP contribution in [0.4, 0.5) is 35.1 Å². The predicted octanol–water partition coefficient (Wildman–Crippen LogP) is 4.28. The summed E-state index contributed by atoms with van der Waals surface area (Å²) in [5.74, 6) is -7.12. The van der Waals surface area contributed by atoms with Crippen molar-refractivity contribution in [1.82, 2.24) is 0 Å². The lowest BCUT2D eigenvalue weighted by molar-refractivity contribution is -0.315. The average Bonchev–Trinajstić information content (AvgIpc) is 1.65. The third kappa shape index (κ3) is 9.13. The summed E-state index contributed by atoms with van der Waals surface area (Å²) in [4.78, 5) is 0. The van der Waals surface area contributed by atoms with Crippen LogP contribution in [0, 0.1) is 0 Å². The van der Waals surface area contributed by atoms with E-state index in [-0.39, 0.29) is 13.8 Å². The van der Waals surface area contributed by atoms with Crippen molar-refractivity contribution in [2.75, 3.05) is 0 Å². The topological polar surface area (TPSA) is 9.23 Å². The van der Waals surface area contributed by atoms with Gasteiger partial charge in [0.2, 0.25) is 11.7 Å². The Kier molecular flexibility index (Phi) is 4.42. The monoisotopic (exact) mass is 274 g/mol. The third-order valence-electron chi connectivity index (χ3n) is 1.46. The fraction of sp³-hybridized carbons (Fsp3) is 1.00. The van der Waals surface area contributed by atoms with Gasteiger partial charge in [0.05, 0.1) is 0 Å². The molecule has 0 N–H and O–H groups in total. The third-order valence-corrected chi connectivity index (χ3v) is 1.46. The molecular formula is C8H10F8O. The van der Waals surface area contributed by atoms with Gasteiger partial charge in [0.1, 0.15) is 12.8 Å². The van der Waals surface area contributed by atoms with Crippen molar-refractivity contribution in [3.63, 3.8) is 0 Å². The number of rotatable bonds is 4. The first kappa shape index (κ1) is 16.4. The van der Waals surface area contributed by atoms with Gasteiger partial charge in [-0.05, 0) is 13.8 Å². The van der Waals surface area contributed by atoms with E-state index >= 15 is 0 Å². The van der Waals surface area contributed by atoms with Gasteiger partial charge in [0.15, 0.2) is 0 Å². The lowest BCUT2D eigenvalue weighted by atomic mass is 10.2. The van der Waals surface area contributed by atoms with Crippen molar-refractivity contribution in [3.05, 3.63) is 0 Å². The van der Waals surface area contributed by atoms with Crippen LogP contribution in [0.3, 0.4) is 0 Å². The first-order valence-corrected chi connectivity index (χ1v) is 4.33. The molecule has 0 aliphatic rings. The Morgan fingerprint density at radius 2 is 0.882 bits per heavy atom. The van der Waals surface area contributed by atoms with E-state index in [1.54, 1.807) is 0 Å². The van der Waals surface area contributed by atoms with Crippen molar-refractivity contribution in [2.45, 2.75) is 50.8 Å². The van der Waals surface area contributed by atoms with Gasteiger partial charge < -0.3 is 4.74 Å². The van der Waals surface area contributed by atoms with Crippen molar-refractivity contribution in [2.24, 2.45) is 0 Å². The van der Waals surface area contributed by atoms with Gasteiger partial charge in [0, 0.05) is 0 Å². The number of halogens is 8. The number of hydrogen-bond donors (Lipinski definition) is 0. The molecule has 1 nitrogen and oxygen atoms in total. The normalized spacial score (nSPS) is 20.8. The first-order valence-electron chi connectivity index (χ1n) is 4.33. The Balaban J connectivity index is 4.59. The summed E-state index contributed by atoms with van der Waals surface area (Å²) in [7, 11) is 0. The quantitative estimate of drug-likeness (QED) is 0.695. The van der Waals surface area contributed by atoms with Crippen LogP contribution in [0.5, 0.6) is 0 Å². The van der Waals surface area contributed by atoms with E-state index in [4.69, 9.17) is 0 Å². The smallest absolute Gasteiger partial charge is 0.309 e. The molecule has 0 radical (unpaired) electrons. The predicted molar refractivity (Wildman–Crippen MR) is 41.5 cm³/mol. The molecule has 17 heavy (non-hydrogen) atoms. The lowest BCUT2D eigenvalue weighted by Crippen LogP contribution is -2.40. The highest BCUT2D eigenvalue weighted by Crippen LogP contribution is 2.38. The molecule has 0 heterocycles. The second-order valence-corrected chi connectivity index (χ2v) is 3.89. The van der Waals surface area contributed by atoms with Crippen molar-refractivity contribution in [1.29, 1.82) is 0 Å². The van der Waals surface area contributed by atoms with E-state index < -0.39 is 36.9 Å². The van der Waals surface area contributed by atoms with Gasteiger partial charge in [-0.25, -0.2) is 8.78 Å². The van der Waals surface area contributed by atoms with E-state index in [2.05, 4.69) is 4.74 Å². The summed E-state index contributed by atoms with van der Waals surface area (Å²) in [5, 5.41) is 0. The summed E-state index contributed by atoms with van der Waals surface area (Å²) < 4.78 is 101. The van der Waals surface area contributed by atoms with Gasteiger partial charge in [-0.1, -0.05) is 0 Å². The molecule has 0 aromatic carbocycles. The van der Waals surface area contributed by atoms with Crippen LogP contribution in [0.1, 0.15) is 26.7 Å². The molecule has 0 rings (SSSR count). The molecule has 0 saturated heterocycles. The van der Waals surface area contributed by atoms with Crippen molar-refractivity contribution < 1.29 is 39.9 Å². The fourth-order valence-electron chi connectivity index (χ4n) is 1.23. The number of hydrogen-bond acceptors (Lipinski definition) is 1. The van der Waals surface area contributed by atoms with Gasteiger partial charge in [-0.2, -0.15) is 26.3 Å². The van der Waals surface area contributed by atoms with Gasteiger partial charge in [-0.15, -0.1) is 0 Å². The van der Waals surface area contributed by atoms with Crippen LogP contribution in [0.2, 0.25) is 0 Å². The van der Waals surface area contributed by atoms with Crippen LogP contribution in [-0.2, 0) is 4.74 Å².